The summed E-state index contributed by atoms with van der Waals surface area (Å²) in [6.45, 7) is 6.11. The number of aliphatic carboxylic acids is 4. The number of carboxylic acids is 4. The van der Waals surface area contributed by atoms with Crippen molar-refractivity contribution in [2.75, 3.05) is 60.0 Å². The molecule has 0 spiro atoms. The average Bonchev–Trinajstić information content (AvgIpc) is 2.99. The Hall–Kier alpha value is -4.97. The Labute approximate surface area is 262 Å². The van der Waals surface area contributed by atoms with Crippen LogP contribution in [-0.2, 0) is 24.0 Å². The number of amides is 1. The van der Waals surface area contributed by atoms with Gasteiger partial charge in [-0.3, -0.25) is 9.69 Å². The second-order valence-corrected chi connectivity index (χ2v) is 9.72. The first-order chi connectivity index (χ1) is 20.8. The Bertz CT molecular complexity index is 1330. The second kappa shape index (κ2) is 18.6. The van der Waals surface area contributed by atoms with Gasteiger partial charge in [-0.2, -0.15) is 5.10 Å². The van der Waals surface area contributed by atoms with Crippen LogP contribution < -0.4 is 34.9 Å². The molecule has 1 saturated heterocycles. The molecular weight excluding hydrogens is 622 g/mol. The van der Waals surface area contributed by atoms with E-state index in [1.807, 2.05) is 37.4 Å². The van der Waals surface area contributed by atoms with Crippen LogP contribution in [-0.4, -0.2) is 116 Å². The average molecular weight is 656 g/mol. The molecule has 2 aromatic rings. The van der Waals surface area contributed by atoms with Gasteiger partial charge in [-0.25, -0.2) is 15.0 Å². The van der Waals surface area contributed by atoms with Gasteiger partial charge in [0.1, 0.15) is 45.1 Å². The number of halogens is 1. The normalized spacial score (nSPS) is 16.9. The Morgan fingerprint density at radius 1 is 1.00 bits per heavy atom. The van der Waals surface area contributed by atoms with Gasteiger partial charge in [-0.05, 0) is 24.3 Å². The van der Waals surface area contributed by atoms with Crippen molar-refractivity contribution in [2.24, 2.45) is 5.10 Å². The van der Waals surface area contributed by atoms with E-state index in [4.69, 9.17) is 60.7 Å². The van der Waals surface area contributed by atoms with Crippen LogP contribution in [0.4, 0.5) is 5.69 Å². The van der Waals surface area contributed by atoms with Crippen LogP contribution in [0.2, 0.25) is 5.02 Å². The van der Waals surface area contributed by atoms with Gasteiger partial charge in [-0.15, -0.1) is 0 Å². The van der Waals surface area contributed by atoms with Crippen molar-refractivity contribution in [3.63, 3.8) is 0 Å². The molecule has 0 radical (unpaired) electrons. The minimum absolute atomic E-state index is 0. The van der Waals surface area contributed by atoms with E-state index < -0.39 is 23.9 Å². The maximum absolute atomic E-state index is 11.4. The third-order valence-corrected chi connectivity index (χ3v) is 6.63. The van der Waals surface area contributed by atoms with Crippen molar-refractivity contribution in [3.8, 4) is 11.5 Å². The topological polar surface area (TPSA) is 258 Å². The number of amidine groups is 1. The number of ether oxygens (including phenoxy) is 2. The summed E-state index contributed by atoms with van der Waals surface area (Å²) >= 11 is 6.45. The van der Waals surface area contributed by atoms with E-state index in [2.05, 4.69) is 22.7 Å². The Morgan fingerprint density at radius 2 is 1.58 bits per heavy atom. The SMILES string of the molecule is COc1ccccc1[NH+]1CC[NH+](CCOc2ccc(C3=NNC(=O)CN3C)cc2Cl)CC1.O.O=C([O-])C(=O)O.O=C([O-])C(=O)O. The number of rotatable bonds is 7. The number of carbonyl (C=O) groups is 5. The van der Waals surface area contributed by atoms with Crippen LogP contribution in [0, 0.1) is 0 Å². The van der Waals surface area contributed by atoms with Gasteiger partial charge in [0, 0.05) is 18.7 Å². The summed E-state index contributed by atoms with van der Waals surface area (Å²) in [6, 6.07) is 13.9. The summed E-state index contributed by atoms with van der Waals surface area (Å²) < 4.78 is 11.5. The number of carbonyl (C=O) groups excluding carboxylic acids is 3. The predicted octanol–water partition coefficient (Wildman–Crippen LogP) is -5.62. The number of piperazine rings is 1. The zero-order valence-electron chi connectivity index (χ0n) is 24.3. The van der Waals surface area contributed by atoms with Crippen LogP contribution in [0.3, 0.4) is 0 Å². The molecule has 17 nitrogen and oxygen atoms in total. The number of benzene rings is 2. The van der Waals surface area contributed by atoms with Crippen molar-refractivity contribution in [1.29, 1.82) is 0 Å². The monoisotopic (exact) mass is 655 g/mol. The minimum Gasteiger partial charge on any atom is -0.539 e. The lowest BCUT2D eigenvalue weighted by Crippen LogP contribution is -3.26. The highest BCUT2D eigenvalue weighted by Gasteiger charge is 2.26. The van der Waals surface area contributed by atoms with Crippen molar-refractivity contribution in [1.82, 2.24) is 10.3 Å². The molecule has 7 N–H and O–H groups in total. The molecule has 0 bridgehead atoms. The number of nitrogens with one attached hydrogen (secondary N) is 3. The fourth-order valence-electron chi connectivity index (χ4n) is 4.23. The van der Waals surface area contributed by atoms with Crippen molar-refractivity contribution in [2.45, 2.75) is 0 Å². The quantitative estimate of drug-likeness (QED) is 0.175. The smallest absolute Gasteiger partial charge is 0.351 e. The third kappa shape index (κ3) is 12.3. The molecular formula is C27H34ClN5O12. The third-order valence-electron chi connectivity index (χ3n) is 6.33. The Morgan fingerprint density at radius 3 is 2.09 bits per heavy atom. The largest absolute Gasteiger partial charge is 0.539 e. The molecule has 2 aliphatic rings. The van der Waals surface area contributed by atoms with E-state index in [9.17, 15) is 4.79 Å². The molecule has 0 aromatic heterocycles. The molecule has 0 saturated carbocycles. The van der Waals surface area contributed by atoms with Gasteiger partial charge in [0.05, 0.1) is 18.7 Å². The Kier molecular flexibility index (Phi) is 15.8. The lowest BCUT2D eigenvalue weighted by molar-refractivity contribution is -0.986. The summed E-state index contributed by atoms with van der Waals surface area (Å²) in [6.07, 6.45) is 0. The van der Waals surface area contributed by atoms with Crippen molar-refractivity contribution in [3.05, 3.63) is 53.1 Å². The van der Waals surface area contributed by atoms with E-state index >= 15 is 0 Å². The van der Waals surface area contributed by atoms with Crippen LogP contribution in [0.25, 0.3) is 0 Å². The molecule has 0 atom stereocenters. The first-order valence-corrected chi connectivity index (χ1v) is 13.4. The van der Waals surface area contributed by atoms with E-state index in [1.165, 1.54) is 15.5 Å². The molecule has 1 fully saturated rings. The zero-order chi connectivity index (χ0) is 32.8. The number of hydrogen-bond acceptors (Lipinski definition) is 11. The lowest BCUT2D eigenvalue weighted by atomic mass is 10.1. The molecule has 4 rings (SSSR count). The summed E-state index contributed by atoms with van der Waals surface area (Å²) in [5, 5.41) is 37.3. The van der Waals surface area contributed by atoms with Crippen molar-refractivity contribution < 1.29 is 69.1 Å². The highest BCUT2D eigenvalue weighted by Crippen LogP contribution is 2.26. The van der Waals surface area contributed by atoms with E-state index in [0.717, 1.165) is 44.0 Å². The summed E-state index contributed by atoms with van der Waals surface area (Å²) in [5.41, 5.74) is 4.59. The highest BCUT2D eigenvalue weighted by molar-refractivity contribution is 6.32. The molecule has 45 heavy (non-hydrogen) atoms. The highest BCUT2D eigenvalue weighted by atomic mass is 35.5. The number of carboxylic acid groups (broad SMARTS) is 4. The molecule has 18 heteroatoms. The van der Waals surface area contributed by atoms with E-state index in [-0.39, 0.29) is 17.9 Å². The summed E-state index contributed by atoms with van der Waals surface area (Å²) in [4.78, 5) is 52.3. The fraction of sp³-hybridized carbons (Fsp3) is 0.333. The Balaban J connectivity index is 0.000000663. The molecule has 0 aliphatic carbocycles. The van der Waals surface area contributed by atoms with Gasteiger partial charge in [0.2, 0.25) is 0 Å². The maximum Gasteiger partial charge on any atom is 0.351 e. The van der Waals surface area contributed by atoms with Crippen molar-refractivity contribution >= 4 is 52.9 Å². The van der Waals surface area contributed by atoms with E-state index in [0.29, 0.717) is 23.2 Å². The molecule has 1 amide bonds. The van der Waals surface area contributed by atoms with Gasteiger partial charge < -0.3 is 54.8 Å². The van der Waals surface area contributed by atoms with Crippen LogP contribution >= 0.6 is 11.6 Å². The predicted molar refractivity (Wildman–Crippen MR) is 152 cm³/mol. The number of hydrazone groups is 1. The molecule has 246 valence electrons. The van der Waals surface area contributed by atoms with Crippen LogP contribution in [0.5, 0.6) is 11.5 Å². The second-order valence-electron chi connectivity index (χ2n) is 9.31. The van der Waals surface area contributed by atoms with Crippen LogP contribution in [0.15, 0.2) is 47.6 Å². The number of hydrogen-bond donors (Lipinski definition) is 5. The summed E-state index contributed by atoms with van der Waals surface area (Å²) in [7, 11) is 3.56. The van der Waals surface area contributed by atoms with Crippen LogP contribution in [0.1, 0.15) is 5.56 Å². The maximum atomic E-state index is 11.4. The molecule has 0 unspecified atom stereocenters. The summed E-state index contributed by atoms with van der Waals surface area (Å²) in [5.74, 6) is -5.85. The minimum atomic E-state index is -2.07. The van der Waals surface area contributed by atoms with Gasteiger partial charge in [-0.1, -0.05) is 23.7 Å². The molecule has 2 heterocycles. The number of nitrogens with zero attached hydrogens (tertiary/aromatic N) is 2. The first-order valence-electron chi connectivity index (χ1n) is 13.0. The number of likely N-dealkylation sites (N-methyl/N-ethyl adjacent to an activating group) is 1. The number of para-hydroxylation sites is 2. The lowest BCUT2D eigenvalue weighted by Gasteiger charge is -2.30. The fourth-order valence-corrected chi connectivity index (χ4v) is 4.47. The van der Waals surface area contributed by atoms with Gasteiger partial charge in [0.25, 0.3) is 5.91 Å². The molecule has 2 aliphatic heterocycles. The number of quaternary nitrogens is 2. The van der Waals surface area contributed by atoms with Gasteiger partial charge >= 0.3 is 11.9 Å². The first kappa shape index (κ1) is 38.1. The number of methoxy groups -OCH3 is 1. The standard InChI is InChI=1S/C23H28ClN5O3.2C2H2O4.H2O/c1-27-16-22(30)25-26-23(27)17-7-8-20(18(24)15-17)32-14-13-28-9-11-29(12-10-28)19-5-3-4-6-21(19)31-2;2*3-1(4)2(5)6;/h3-8,15H,9-14,16H2,1-2H3,(H,25,30);2*(H,3,4)(H,5,6);1H2. The van der Waals surface area contributed by atoms with Gasteiger partial charge in [0.15, 0.2) is 29.2 Å². The zero-order valence-corrected chi connectivity index (χ0v) is 25.1. The van der Waals surface area contributed by atoms with E-state index in [1.54, 1.807) is 12.0 Å². The molecule has 2 aromatic carbocycles.